The lowest BCUT2D eigenvalue weighted by Gasteiger charge is -2.15. The summed E-state index contributed by atoms with van der Waals surface area (Å²) in [5, 5.41) is 3.43. The van der Waals surface area contributed by atoms with Gasteiger partial charge in [0.15, 0.2) is 0 Å². The summed E-state index contributed by atoms with van der Waals surface area (Å²) in [5.41, 5.74) is -0.154. The molecule has 1 aromatic heterocycles. The highest BCUT2D eigenvalue weighted by atomic mass is 16.1. The Kier molecular flexibility index (Phi) is 5.78. The topological polar surface area (TPSA) is 46.9 Å². The van der Waals surface area contributed by atoms with E-state index < -0.39 is 0 Å². The average Bonchev–Trinajstić information content (AvgIpc) is 2.30. The number of hydrogen-bond donors (Lipinski definition) is 1. The maximum Gasteiger partial charge on any atom is 0.347 e. The van der Waals surface area contributed by atoms with Gasteiger partial charge in [0.25, 0.3) is 0 Å². The first-order valence-corrected chi connectivity index (χ1v) is 6.02. The molecule has 1 rings (SSSR count). The van der Waals surface area contributed by atoms with Gasteiger partial charge in [-0.3, -0.25) is 4.57 Å². The van der Waals surface area contributed by atoms with Crippen LogP contribution >= 0.6 is 0 Å². The van der Waals surface area contributed by atoms with E-state index in [0.29, 0.717) is 6.04 Å². The predicted molar refractivity (Wildman–Crippen MR) is 65.5 cm³/mol. The van der Waals surface area contributed by atoms with Crippen molar-refractivity contribution in [3.63, 3.8) is 0 Å². The van der Waals surface area contributed by atoms with Gasteiger partial charge in [-0.2, -0.15) is 0 Å². The Morgan fingerprint density at radius 3 is 2.94 bits per heavy atom. The van der Waals surface area contributed by atoms with Crippen LogP contribution in [0.15, 0.2) is 23.3 Å². The third-order valence-corrected chi connectivity index (χ3v) is 2.72. The molecular weight excluding hydrogens is 202 g/mol. The molecular formula is C12H21N3O. The standard InChI is InChI=1S/C12H21N3O/c1-3-11(13-4-2)7-5-9-15-10-6-8-14-12(15)16/h6,8,10-11,13H,3-5,7,9H2,1-2H3. The van der Waals surface area contributed by atoms with E-state index in [9.17, 15) is 4.79 Å². The summed E-state index contributed by atoms with van der Waals surface area (Å²) in [5.74, 6) is 0. The normalized spacial score (nSPS) is 12.6. The van der Waals surface area contributed by atoms with Crippen LogP contribution in [-0.4, -0.2) is 22.1 Å². The fourth-order valence-electron chi connectivity index (χ4n) is 1.80. The Morgan fingerprint density at radius 2 is 2.31 bits per heavy atom. The van der Waals surface area contributed by atoms with Gasteiger partial charge in [-0.25, -0.2) is 9.78 Å². The van der Waals surface area contributed by atoms with Crippen molar-refractivity contribution in [1.82, 2.24) is 14.9 Å². The molecule has 0 saturated carbocycles. The van der Waals surface area contributed by atoms with Gasteiger partial charge in [-0.05, 0) is 31.9 Å². The molecule has 0 radical (unpaired) electrons. The Hall–Kier alpha value is -1.16. The molecule has 16 heavy (non-hydrogen) atoms. The van der Waals surface area contributed by atoms with Crippen LogP contribution in [0.5, 0.6) is 0 Å². The summed E-state index contributed by atoms with van der Waals surface area (Å²) < 4.78 is 1.67. The number of hydrogen-bond acceptors (Lipinski definition) is 3. The molecule has 0 aliphatic heterocycles. The number of nitrogens with zero attached hydrogens (tertiary/aromatic N) is 2. The number of aryl methyl sites for hydroxylation is 1. The molecule has 0 spiro atoms. The molecule has 4 nitrogen and oxygen atoms in total. The van der Waals surface area contributed by atoms with Crippen molar-refractivity contribution in [3.05, 3.63) is 28.9 Å². The maximum absolute atomic E-state index is 11.3. The van der Waals surface area contributed by atoms with Gasteiger partial charge in [0.05, 0.1) is 0 Å². The van der Waals surface area contributed by atoms with Crippen molar-refractivity contribution in [2.24, 2.45) is 0 Å². The van der Waals surface area contributed by atoms with Crippen molar-refractivity contribution in [1.29, 1.82) is 0 Å². The smallest absolute Gasteiger partial charge is 0.314 e. The second kappa shape index (κ2) is 7.17. The number of rotatable bonds is 7. The van der Waals surface area contributed by atoms with E-state index in [4.69, 9.17) is 0 Å². The van der Waals surface area contributed by atoms with Gasteiger partial charge < -0.3 is 5.32 Å². The quantitative estimate of drug-likeness (QED) is 0.760. The Morgan fingerprint density at radius 1 is 1.50 bits per heavy atom. The first-order valence-electron chi connectivity index (χ1n) is 6.02. The first-order chi connectivity index (χ1) is 7.77. The van der Waals surface area contributed by atoms with Crippen molar-refractivity contribution in [2.75, 3.05) is 6.54 Å². The van der Waals surface area contributed by atoms with Crippen LogP contribution in [0.1, 0.15) is 33.1 Å². The van der Waals surface area contributed by atoms with Gasteiger partial charge in [-0.1, -0.05) is 13.8 Å². The molecule has 0 bridgehead atoms. The van der Waals surface area contributed by atoms with Crippen molar-refractivity contribution >= 4 is 0 Å². The third-order valence-electron chi connectivity index (χ3n) is 2.72. The van der Waals surface area contributed by atoms with Crippen LogP contribution in [0.4, 0.5) is 0 Å². The highest BCUT2D eigenvalue weighted by molar-refractivity contribution is 4.80. The fraction of sp³-hybridized carbons (Fsp3) is 0.667. The SMILES string of the molecule is CCNC(CC)CCCn1cccnc1=O. The maximum atomic E-state index is 11.3. The first kappa shape index (κ1) is 12.9. The lowest BCUT2D eigenvalue weighted by Crippen LogP contribution is -2.29. The van der Waals surface area contributed by atoms with Crippen LogP contribution in [-0.2, 0) is 6.54 Å². The zero-order valence-electron chi connectivity index (χ0n) is 10.1. The molecule has 1 atom stereocenters. The molecule has 90 valence electrons. The minimum atomic E-state index is -0.154. The molecule has 0 aliphatic rings. The zero-order valence-corrected chi connectivity index (χ0v) is 10.1. The summed E-state index contributed by atoms with van der Waals surface area (Å²) in [6.07, 6.45) is 6.58. The summed E-state index contributed by atoms with van der Waals surface area (Å²) in [4.78, 5) is 15.1. The van der Waals surface area contributed by atoms with E-state index in [0.717, 1.165) is 32.4 Å². The van der Waals surface area contributed by atoms with Crippen LogP contribution in [0, 0.1) is 0 Å². The molecule has 0 fully saturated rings. The number of nitrogens with one attached hydrogen (secondary N) is 1. The molecule has 0 amide bonds. The molecule has 1 unspecified atom stereocenters. The lowest BCUT2D eigenvalue weighted by molar-refractivity contribution is 0.445. The van der Waals surface area contributed by atoms with Gasteiger partial charge in [0.2, 0.25) is 0 Å². The van der Waals surface area contributed by atoms with Gasteiger partial charge >= 0.3 is 5.69 Å². The third kappa shape index (κ3) is 4.14. The second-order valence-corrected chi connectivity index (χ2v) is 3.90. The fourth-order valence-corrected chi connectivity index (χ4v) is 1.80. The Labute approximate surface area is 96.7 Å². The summed E-state index contributed by atoms with van der Waals surface area (Å²) in [6, 6.07) is 2.36. The largest absolute Gasteiger partial charge is 0.347 e. The van der Waals surface area contributed by atoms with Crippen LogP contribution in [0.2, 0.25) is 0 Å². The van der Waals surface area contributed by atoms with Crippen LogP contribution in [0.25, 0.3) is 0 Å². The molecule has 0 saturated heterocycles. The highest BCUT2D eigenvalue weighted by Crippen LogP contribution is 2.02. The average molecular weight is 223 g/mol. The summed E-state index contributed by atoms with van der Waals surface area (Å²) >= 11 is 0. The van der Waals surface area contributed by atoms with Gasteiger partial charge in [0, 0.05) is 25.0 Å². The van der Waals surface area contributed by atoms with E-state index in [1.165, 1.54) is 6.20 Å². The Bertz CT molecular complexity index is 348. The van der Waals surface area contributed by atoms with Gasteiger partial charge in [0.1, 0.15) is 0 Å². The minimum Gasteiger partial charge on any atom is -0.314 e. The molecule has 1 heterocycles. The van der Waals surface area contributed by atoms with Crippen LogP contribution in [0.3, 0.4) is 0 Å². The van der Waals surface area contributed by atoms with E-state index in [1.54, 1.807) is 16.8 Å². The highest BCUT2D eigenvalue weighted by Gasteiger charge is 2.04. The molecule has 0 aromatic carbocycles. The van der Waals surface area contributed by atoms with Crippen molar-refractivity contribution in [3.8, 4) is 0 Å². The zero-order chi connectivity index (χ0) is 11.8. The molecule has 1 aromatic rings. The summed E-state index contributed by atoms with van der Waals surface area (Å²) in [6.45, 7) is 6.07. The van der Waals surface area contributed by atoms with Crippen molar-refractivity contribution < 1.29 is 0 Å². The number of aromatic nitrogens is 2. The summed E-state index contributed by atoms with van der Waals surface area (Å²) in [7, 11) is 0. The van der Waals surface area contributed by atoms with E-state index >= 15 is 0 Å². The van der Waals surface area contributed by atoms with E-state index in [1.807, 2.05) is 0 Å². The lowest BCUT2D eigenvalue weighted by atomic mass is 10.1. The Balaban J connectivity index is 2.35. The van der Waals surface area contributed by atoms with E-state index in [-0.39, 0.29) is 5.69 Å². The van der Waals surface area contributed by atoms with Gasteiger partial charge in [-0.15, -0.1) is 0 Å². The monoisotopic (exact) mass is 223 g/mol. The minimum absolute atomic E-state index is 0.154. The van der Waals surface area contributed by atoms with Crippen molar-refractivity contribution in [2.45, 2.75) is 45.7 Å². The molecule has 1 N–H and O–H groups in total. The molecule has 0 aliphatic carbocycles. The van der Waals surface area contributed by atoms with Crippen LogP contribution < -0.4 is 11.0 Å². The van der Waals surface area contributed by atoms with E-state index in [2.05, 4.69) is 24.1 Å². The predicted octanol–water partition coefficient (Wildman–Crippen LogP) is 1.41. The second-order valence-electron chi connectivity index (χ2n) is 3.90. The molecule has 4 heteroatoms.